The molecule has 3 heteroatoms. The van der Waals surface area contributed by atoms with Crippen LogP contribution in [-0.4, -0.2) is 9.55 Å². The first kappa shape index (κ1) is 12.5. The quantitative estimate of drug-likeness (QED) is 0.712. The van der Waals surface area contributed by atoms with Crippen LogP contribution in [-0.2, 0) is 0 Å². The lowest BCUT2D eigenvalue weighted by Crippen LogP contribution is -2.00. The summed E-state index contributed by atoms with van der Waals surface area (Å²) in [5.41, 5.74) is 12.7. The van der Waals surface area contributed by atoms with E-state index in [1.165, 1.54) is 23.9 Å². The van der Waals surface area contributed by atoms with Gasteiger partial charge in [-0.1, -0.05) is 18.2 Å². The molecule has 1 aromatic heterocycles. The number of hydrogen-bond acceptors (Lipinski definition) is 2. The highest BCUT2D eigenvalue weighted by Crippen LogP contribution is 2.42. The number of nitrogen functional groups attached to an aromatic ring is 1. The molecule has 0 aliphatic heterocycles. The monoisotopic (exact) mass is 277 g/mol. The van der Waals surface area contributed by atoms with Gasteiger partial charge in [0.2, 0.25) is 0 Å². The highest BCUT2D eigenvalue weighted by atomic mass is 15.1. The van der Waals surface area contributed by atoms with Gasteiger partial charge in [-0.3, -0.25) is 0 Å². The second kappa shape index (κ2) is 4.35. The van der Waals surface area contributed by atoms with Crippen molar-refractivity contribution in [3.8, 4) is 11.4 Å². The Hall–Kier alpha value is -2.29. The third-order valence-corrected chi connectivity index (χ3v) is 4.37. The number of fused-ring (bicyclic) bond motifs is 1. The number of benzene rings is 2. The molecule has 21 heavy (non-hydrogen) atoms. The molecule has 1 heterocycles. The van der Waals surface area contributed by atoms with Crippen LogP contribution in [0.2, 0.25) is 0 Å². The second-order valence-corrected chi connectivity index (χ2v) is 6.05. The van der Waals surface area contributed by atoms with Crippen LogP contribution >= 0.6 is 0 Å². The van der Waals surface area contributed by atoms with Crippen molar-refractivity contribution >= 4 is 16.7 Å². The summed E-state index contributed by atoms with van der Waals surface area (Å²) in [5, 5.41) is 0. The summed E-state index contributed by atoms with van der Waals surface area (Å²) in [6.45, 7) is 4.19. The molecule has 1 aliphatic rings. The molecule has 2 aromatic carbocycles. The molecule has 0 spiro atoms. The maximum Gasteiger partial charge on any atom is 0.141 e. The van der Waals surface area contributed by atoms with E-state index in [1.54, 1.807) is 0 Å². The predicted molar refractivity (Wildman–Crippen MR) is 87.3 cm³/mol. The Morgan fingerprint density at radius 1 is 1.14 bits per heavy atom. The molecule has 106 valence electrons. The van der Waals surface area contributed by atoms with Gasteiger partial charge in [0.25, 0.3) is 0 Å². The van der Waals surface area contributed by atoms with Crippen LogP contribution in [0, 0.1) is 13.8 Å². The molecule has 0 saturated heterocycles. The minimum absolute atomic E-state index is 0.591. The molecule has 3 aromatic rings. The highest BCUT2D eigenvalue weighted by molar-refractivity contribution is 5.83. The van der Waals surface area contributed by atoms with Crippen molar-refractivity contribution in [2.24, 2.45) is 0 Å². The molecule has 0 atom stereocenters. The molecular weight excluding hydrogens is 258 g/mol. The molecule has 1 fully saturated rings. The van der Waals surface area contributed by atoms with Gasteiger partial charge in [0.15, 0.2) is 0 Å². The van der Waals surface area contributed by atoms with Crippen molar-refractivity contribution in [1.29, 1.82) is 0 Å². The number of hydrogen-bond donors (Lipinski definition) is 1. The average molecular weight is 277 g/mol. The highest BCUT2D eigenvalue weighted by Gasteiger charge is 2.29. The summed E-state index contributed by atoms with van der Waals surface area (Å²) >= 11 is 0. The summed E-state index contributed by atoms with van der Waals surface area (Å²) in [5.74, 6) is 1.06. The van der Waals surface area contributed by atoms with Crippen LogP contribution in [0.5, 0.6) is 0 Å². The van der Waals surface area contributed by atoms with Gasteiger partial charge in [0, 0.05) is 17.3 Å². The van der Waals surface area contributed by atoms with Crippen LogP contribution in [0.4, 0.5) is 5.69 Å². The van der Waals surface area contributed by atoms with Crippen molar-refractivity contribution in [1.82, 2.24) is 9.55 Å². The van der Waals surface area contributed by atoms with Gasteiger partial charge in [0.05, 0.1) is 11.0 Å². The normalized spacial score (nSPS) is 14.8. The Bertz CT molecular complexity index is 841. The number of anilines is 1. The maximum atomic E-state index is 6.08. The Balaban J connectivity index is 2.03. The van der Waals surface area contributed by atoms with Gasteiger partial charge in [-0.2, -0.15) is 0 Å². The van der Waals surface area contributed by atoms with Gasteiger partial charge in [-0.25, -0.2) is 4.98 Å². The summed E-state index contributed by atoms with van der Waals surface area (Å²) in [7, 11) is 0. The number of rotatable bonds is 2. The average Bonchev–Trinajstić information content (AvgIpc) is 3.23. The van der Waals surface area contributed by atoms with E-state index < -0.39 is 0 Å². The van der Waals surface area contributed by atoms with Crippen molar-refractivity contribution in [2.75, 3.05) is 5.73 Å². The van der Waals surface area contributed by atoms with E-state index in [0.717, 1.165) is 28.2 Å². The van der Waals surface area contributed by atoms with E-state index >= 15 is 0 Å². The largest absolute Gasteiger partial charge is 0.398 e. The lowest BCUT2D eigenvalue weighted by molar-refractivity contribution is 0.775. The fraction of sp³-hybridized carbons (Fsp3) is 0.278. The lowest BCUT2D eigenvalue weighted by atomic mass is 10.1. The predicted octanol–water partition coefficient (Wildman–Crippen LogP) is 4.24. The van der Waals surface area contributed by atoms with Gasteiger partial charge in [0.1, 0.15) is 5.82 Å². The Morgan fingerprint density at radius 2 is 1.95 bits per heavy atom. The minimum atomic E-state index is 0.591. The van der Waals surface area contributed by atoms with Crippen molar-refractivity contribution in [2.45, 2.75) is 32.7 Å². The fourth-order valence-electron chi connectivity index (χ4n) is 3.00. The van der Waals surface area contributed by atoms with Crippen LogP contribution < -0.4 is 5.73 Å². The van der Waals surface area contributed by atoms with Gasteiger partial charge in [-0.15, -0.1) is 0 Å². The Kier molecular flexibility index (Phi) is 2.58. The molecule has 4 rings (SSSR count). The molecular formula is C18H19N3. The maximum absolute atomic E-state index is 6.08. The summed E-state index contributed by atoms with van der Waals surface area (Å²) in [4.78, 5) is 4.91. The van der Waals surface area contributed by atoms with E-state index in [2.05, 4.69) is 42.7 Å². The van der Waals surface area contributed by atoms with E-state index in [9.17, 15) is 0 Å². The number of imidazole rings is 1. The topological polar surface area (TPSA) is 43.8 Å². The first-order valence-electron chi connectivity index (χ1n) is 7.49. The van der Waals surface area contributed by atoms with E-state index in [1.807, 2.05) is 12.1 Å². The van der Waals surface area contributed by atoms with E-state index in [4.69, 9.17) is 10.7 Å². The van der Waals surface area contributed by atoms with Gasteiger partial charge >= 0.3 is 0 Å². The van der Waals surface area contributed by atoms with Gasteiger partial charge in [-0.05, 0) is 56.0 Å². The number of nitrogens with zero attached hydrogens (tertiary/aromatic N) is 2. The summed E-state index contributed by atoms with van der Waals surface area (Å²) in [6, 6.07) is 13.2. The molecule has 1 saturated carbocycles. The standard InChI is InChI=1S/C18H19N3/c1-11-6-9-17-16(10-11)20-18(21(17)13-7-8-13)14-4-3-5-15(19)12(14)2/h3-6,9-10,13H,7-8,19H2,1-2H3. The molecule has 0 bridgehead atoms. The molecule has 0 radical (unpaired) electrons. The Morgan fingerprint density at radius 3 is 2.71 bits per heavy atom. The minimum Gasteiger partial charge on any atom is -0.398 e. The lowest BCUT2D eigenvalue weighted by Gasteiger charge is -2.11. The van der Waals surface area contributed by atoms with Crippen LogP contribution in [0.15, 0.2) is 36.4 Å². The second-order valence-electron chi connectivity index (χ2n) is 6.05. The van der Waals surface area contributed by atoms with Crippen LogP contribution in [0.1, 0.15) is 30.0 Å². The molecule has 2 N–H and O–H groups in total. The van der Waals surface area contributed by atoms with Gasteiger partial charge < -0.3 is 10.3 Å². The van der Waals surface area contributed by atoms with E-state index in [-0.39, 0.29) is 0 Å². The van der Waals surface area contributed by atoms with Crippen LogP contribution in [0.3, 0.4) is 0 Å². The zero-order valence-electron chi connectivity index (χ0n) is 12.4. The first-order chi connectivity index (χ1) is 10.1. The summed E-state index contributed by atoms with van der Waals surface area (Å²) < 4.78 is 2.40. The zero-order valence-corrected chi connectivity index (χ0v) is 12.4. The SMILES string of the molecule is Cc1ccc2c(c1)nc(-c1cccc(N)c1C)n2C1CC1. The zero-order chi connectivity index (χ0) is 14.6. The van der Waals surface area contributed by atoms with Crippen molar-refractivity contribution < 1.29 is 0 Å². The molecule has 0 amide bonds. The van der Waals surface area contributed by atoms with Crippen molar-refractivity contribution in [3.63, 3.8) is 0 Å². The number of aryl methyl sites for hydroxylation is 1. The smallest absolute Gasteiger partial charge is 0.141 e. The van der Waals surface area contributed by atoms with Crippen LogP contribution in [0.25, 0.3) is 22.4 Å². The number of aromatic nitrogens is 2. The molecule has 3 nitrogen and oxygen atoms in total. The molecule has 1 aliphatic carbocycles. The molecule has 0 unspecified atom stereocenters. The third-order valence-electron chi connectivity index (χ3n) is 4.37. The van der Waals surface area contributed by atoms with E-state index in [0.29, 0.717) is 6.04 Å². The first-order valence-corrected chi connectivity index (χ1v) is 7.49. The number of nitrogens with two attached hydrogens (primary N) is 1. The Labute approximate surface area is 124 Å². The third kappa shape index (κ3) is 1.92. The fourth-order valence-corrected chi connectivity index (χ4v) is 3.00. The van der Waals surface area contributed by atoms with Crippen molar-refractivity contribution in [3.05, 3.63) is 47.5 Å². The summed E-state index contributed by atoms with van der Waals surface area (Å²) in [6.07, 6.45) is 2.49.